The van der Waals surface area contributed by atoms with Gasteiger partial charge in [-0.25, -0.2) is 0 Å². The van der Waals surface area contributed by atoms with Crippen molar-refractivity contribution in [2.45, 2.75) is 32.6 Å². The number of aliphatic hydroxyl groups is 1. The molecule has 0 saturated carbocycles. The van der Waals surface area contributed by atoms with E-state index in [-0.39, 0.29) is 6.61 Å². The van der Waals surface area contributed by atoms with Gasteiger partial charge in [0.25, 0.3) is 0 Å². The molecule has 1 N–H and O–H groups in total. The molecule has 0 saturated heterocycles. The minimum atomic E-state index is 0.243. The summed E-state index contributed by atoms with van der Waals surface area (Å²) in [6, 6.07) is 21.2. The second-order valence-electron chi connectivity index (χ2n) is 7.44. The van der Waals surface area contributed by atoms with E-state index < -0.39 is 0 Å². The number of hydrogen-bond donors (Lipinski definition) is 1. The predicted octanol–water partition coefficient (Wildman–Crippen LogP) is 5.51. The molecule has 2 aromatic carbocycles. The maximum Gasteiger partial charge on any atom is 0.0923 e. The summed E-state index contributed by atoms with van der Waals surface area (Å²) in [7, 11) is 0. The molecule has 0 atom stereocenters. The van der Waals surface area contributed by atoms with E-state index in [0.29, 0.717) is 0 Å². The third-order valence-electron chi connectivity index (χ3n) is 5.57. The molecule has 0 unspecified atom stereocenters. The zero-order chi connectivity index (χ0) is 20.1. The number of fused-ring (bicyclic) bond motifs is 1. The Labute approximate surface area is 172 Å². The molecule has 0 amide bonds. The SMILES string of the molecule is Cc1c(Cc2nccc3c(CCCCO)ccnc23)cccc1-c1ccccc1. The van der Waals surface area contributed by atoms with Crippen molar-refractivity contribution in [3.8, 4) is 11.1 Å². The standard InChI is InChI=1S/C26H26N2O/c1-19-22(11-7-12-23(19)20-8-3-2-4-9-20)18-25-26-24(14-16-27-25)21(13-15-28-26)10-5-6-17-29/h2-4,7-9,11-16,29H,5-6,10,17-18H2,1H3. The lowest BCUT2D eigenvalue weighted by Crippen LogP contribution is -2.00. The van der Waals surface area contributed by atoms with Crippen molar-refractivity contribution in [1.29, 1.82) is 0 Å². The number of benzene rings is 2. The van der Waals surface area contributed by atoms with Gasteiger partial charge in [-0.1, -0.05) is 48.5 Å². The maximum atomic E-state index is 9.07. The van der Waals surface area contributed by atoms with Gasteiger partial charge in [0.2, 0.25) is 0 Å². The molecule has 0 aliphatic carbocycles. The van der Waals surface area contributed by atoms with Gasteiger partial charge in [0.05, 0.1) is 11.2 Å². The highest BCUT2D eigenvalue weighted by atomic mass is 16.2. The average molecular weight is 383 g/mol. The van der Waals surface area contributed by atoms with Crippen molar-refractivity contribution < 1.29 is 5.11 Å². The van der Waals surface area contributed by atoms with Crippen LogP contribution in [0.25, 0.3) is 22.0 Å². The third kappa shape index (κ3) is 4.20. The fraction of sp³-hybridized carbons (Fsp3) is 0.231. The third-order valence-corrected chi connectivity index (χ3v) is 5.57. The Morgan fingerprint density at radius 2 is 1.62 bits per heavy atom. The minimum Gasteiger partial charge on any atom is -0.396 e. The van der Waals surface area contributed by atoms with Gasteiger partial charge in [-0.05, 0) is 66.1 Å². The largest absolute Gasteiger partial charge is 0.396 e. The van der Waals surface area contributed by atoms with E-state index in [1.807, 2.05) is 18.5 Å². The van der Waals surface area contributed by atoms with Crippen LogP contribution in [-0.4, -0.2) is 21.7 Å². The summed E-state index contributed by atoms with van der Waals surface area (Å²) in [5.74, 6) is 0. The van der Waals surface area contributed by atoms with Gasteiger partial charge >= 0.3 is 0 Å². The van der Waals surface area contributed by atoms with Crippen LogP contribution in [0.4, 0.5) is 0 Å². The van der Waals surface area contributed by atoms with Gasteiger partial charge in [0.1, 0.15) is 0 Å². The first-order valence-corrected chi connectivity index (χ1v) is 10.2. The zero-order valence-electron chi connectivity index (χ0n) is 16.8. The monoisotopic (exact) mass is 382 g/mol. The Hall–Kier alpha value is -3.04. The van der Waals surface area contributed by atoms with Crippen LogP contribution in [0.15, 0.2) is 73.1 Å². The van der Waals surface area contributed by atoms with Gasteiger partial charge in [0.15, 0.2) is 0 Å². The van der Waals surface area contributed by atoms with Crippen LogP contribution in [0.2, 0.25) is 0 Å². The fourth-order valence-electron chi connectivity index (χ4n) is 3.95. The lowest BCUT2D eigenvalue weighted by molar-refractivity contribution is 0.284. The number of pyridine rings is 2. The number of nitrogens with zero attached hydrogens (tertiary/aromatic N) is 2. The molecule has 0 spiro atoms. The summed E-state index contributed by atoms with van der Waals surface area (Å²) in [5.41, 5.74) is 8.35. The zero-order valence-corrected chi connectivity index (χ0v) is 16.8. The molecular weight excluding hydrogens is 356 g/mol. The van der Waals surface area contributed by atoms with Crippen LogP contribution in [0, 0.1) is 6.92 Å². The van der Waals surface area contributed by atoms with E-state index in [9.17, 15) is 0 Å². The van der Waals surface area contributed by atoms with Crippen molar-refractivity contribution in [3.63, 3.8) is 0 Å². The van der Waals surface area contributed by atoms with Crippen molar-refractivity contribution in [1.82, 2.24) is 9.97 Å². The van der Waals surface area contributed by atoms with Crippen LogP contribution >= 0.6 is 0 Å². The molecule has 0 radical (unpaired) electrons. The molecule has 4 rings (SSSR count). The Morgan fingerprint density at radius 3 is 2.45 bits per heavy atom. The maximum absolute atomic E-state index is 9.07. The molecule has 0 bridgehead atoms. The van der Waals surface area contributed by atoms with E-state index >= 15 is 0 Å². The molecular formula is C26H26N2O. The number of aromatic nitrogens is 2. The fourth-order valence-corrected chi connectivity index (χ4v) is 3.95. The quantitative estimate of drug-likeness (QED) is 0.429. The first-order chi connectivity index (χ1) is 14.3. The van der Waals surface area contributed by atoms with Crippen LogP contribution < -0.4 is 0 Å². The number of aryl methyl sites for hydroxylation is 1. The topological polar surface area (TPSA) is 46.0 Å². The second-order valence-corrected chi connectivity index (χ2v) is 7.44. The minimum absolute atomic E-state index is 0.243. The van der Waals surface area contributed by atoms with Gasteiger partial charge in [-0.3, -0.25) is 9.97 Å². The molecule has 2 aromatic heterocycles. The number of unbranched alkanes of at least 4 members (excludes halogenated alkanes) is 1. The summed E-state index contributed by atoms with van der Waals surface area (Å²) < 4.78 is 0. The van der Waals surface area contributed by atoms with Crippen LogP contribution in [0.3, 0.4) is 0 Å². The summed E-state index contributed by atoms with van der Waals surface area (Å²) in [6.07, 6.45) is 7.29. The van der Waals surface area contributed by atoms with E-state index in [1.165, 1.54) is 33.2 Å². The summed E-state index contributed by atoms with van der Waals surface area (Å²) >= 11 is 0. The first-order valence-electron chi connectivity index (χ1n) is 10.2. The van der Waals surface area contributed by atoms with Gasteiger partial charge < -0.3 is 5.11 Å². The summed E-state index contributed by atoms with van der Waals surface area (Å²) in [5, 5.41) is 10.2. The normalized spacial score (nSPS) is 11.1. The highest BCUT2D eigenvalue weighted by Crippen LogP contribution is 2.28. The first kappa shape index (κ1) is 19.3. The van der Waals surface area contributed by atoms with Gasteiger partial charge in [0, 0.05) is 30.8 Å². The van der Waals surface area contributed by atoms with Crippen molar-refractivity contribution >= 4 is 10.9 Å². The number of rotatable bonds is 7. The highest BCUT2D eigenvalue weighted by molar-refractivity contribution is 5.84. The molecule has 146 valence electrons. The lowest BCUT2D eigenvalue weighted by atomic mass is 9.93. The second kappa shape index (κ2) is 8.97. The smallest absolute Gasteiger partial charge is 0.0923 e. The Balaban J connectivity index is 1.69. The van der Waals surface area contributed by atoms with E-state index in [1.54, 1.807) is 0 Å². The van der Waals surface area contributed by atoms with Gasteiger partial charge in [-0.2, -0.15) is 0 Å². The Morgan fingerprint density at radius 1 is 0.793 bits per heavy atom. The van der Waals surface area contributed by atoms with E-state index in [0.717, 1.165) is 36.9 Å². The Kier molecular flexibility index (Phi) is 5.97. The van der Waals surface area contributed by atoms with Crippen LogP contribution in [-0.2, 0) is 12.8 Å². The van der Waals surface area contributed by atoms with Crippen LogP contribution in [0.5, 0.6) is 0 Å². The Bertz CT molecular complexity index is 1110. The molecule has 2 heterocycles. The number of aliphatic hydroxyl groups excluding tert-OH is 1. The van der Waals surface area contributed by atoms with E-state index in [4.69, 9.17) is 5.11 Å². The van der Waals surface area contributed by atoms with E-state index in [2.05, 4.69) is 71.5 Å². The molecule has 3 heteroatoms. The highest BCUT2D eigenvalue weighted by Gasteiger charge is 2.12. The van der Waals surface area contributed by atoms with Gasteiger partial charge in [-0.15, -0.1) is 0 Å². The predicted molar refractivity (Wildman–Crippen MR) is 119 cm³/mol. The summed E-state index contributed by atoms with van der Waals surface area (Å²) in [6.45, 7) is 2.43. The molecule has 3 nitrogen and oxygen atoms in total. The average Bonchev–Trinajstić information content (AvgIpc) is 2.76. The van der Waals surface area contributed by atoms with Crippen LogP contribution in [0.1, 0.15) is 35.2 Å². The molecule has 0 fully saturated rings. The molecule has 4 aromatic rings. The molecule has 0 aliphatic heterocycles. The molecule has 0 aliphatic rings. The van der Waals surface area contributed by atoms with Crippen molar-refractivity contribution in [2.75, 3.05) is 6.61 Å². The molecule has 29 heavy (non-hydrogen) atoms. The number of hydrogen-bond acceptors (Lipinski definition) is 3. The summed E-state index contributed by atoms with van der Waals surface area (Å²) in [4.78, 5) is 9.35. The lowest BCUT2D eigenvalue weighted by Gasteiger charge is -2.13. The van der Waals surface area contributed by atoms with Crippen molar-refractivity contribution in [3.05, 3.63) is 95.4 Å². The van der Waals surface area contributed by atoms with Crippen molar-refractivity contribution in [2.24, 2.45) is 0 Å².